The minimum atomic E-state index is -0.822. The number of aliphatic carboxylic acids is 1. The molecule has 1 aliphatic rings. The molecule has 18 heavy (non-hydrogen) atoms. The second-order valence-electron chi connectivity index (χ2n) is 4.58. The lowest BCUT2D eigenvalue weighted by atomic mass is 10.0. The van der Waals surface area contributed by atoms with Gasteiger partial charge in [0.25, 0.3) is 0 Å². The summed E-state index contributed by atoms with van der Waals surface area (Å²) in [6.45, 7) is 5.81. The number of hydrogen-bond donors (Lipinski definition) is 1. The van der Waals surface area contributed by atoms with E-state index in [1.165, 1.54) is 0 Å². The van der Waals surface area contributed by atoms with Gasteiger partial charge in [0.15, 0.2) is 0 Å². The molecule has 1 unspecified atom stereocenters. The van der Waals surface area contributed by atoms with Gasteiger partial charge in [-0.25, -0.2) is 0 Å². The maximum absolute atomic E-state index is 11.3. The molecule has 2 rings (SSSR count). The molecule has 1 aliphatic heterocycles. The summed E-state index contributed by atoms with van der Waals surface area (Å²) in [5.41, 5.74) is 0. The van der Waals surface area contributed by atoms with Crippen molar-refractivity contribution in [2.24, 2.45) is 0 Å². The maximum atomic E-state index is 11.3. The van der Waals surface area contributed by atoms with E-state index in [9.17, 15) is 9.90 Å². The van der Waals surface area contributed by atoms with E-state index >= 15 is 0 Å². The van der Waals surface area contributed by atoms with Crippen molar-refractivity contribution in [3.63, 3.8) is 0 Å². The SMILES string of the molecule is Cc1ccc(C(CCN2CCOCC2)C(=O)O)o1. The van der Waals surface area contributed by atoms with Crippen LogP contribution in [0.5, 0.6) is 0 Å². The molecule has 0 aliphatic carbocycles. The Labute approximate surface area is 106 Å². The molecule has 1 atom stereocenters. The molecule has 0 amide bonds. The first kappa shape index (κ1) is 13.1. The highest BCUT2D eigenvalue weighted by Crippen LogP contribution is 2.22. The van der Waals surface area contributed by atoms with Crippen LogP contribution in [0, 0.1) is 6.92 Å². The number of carboxylic acid groups (broad SMARTS) is 1. The van der Waals surface area contributed by atoms with Gasteiger partial charge in [0.2, 0.25) is 0 Å². The van der Waals surface area contributed by atoms with Crippen molar-refractivity contribution in [1.29, 1.82) is 0 Å². The van der Waals surface area contributed by atoms with Gasteiger partial charge in [-0.05, 0) is 32.0 Å². The van der Waals surface area contributed by atoms with Crippen LogP contribution in [0.3, 0.4) is 0 Å². The summed E-state index contributed by atoms with van der Waals surface area (Å²) in [7, 11) is 0. The number of carboxylic acids is 1. The van der Waals surface area contributed by atoms with Gasteiger partial charge in [0.05, 0.1) is 13.2 Å². The molecule has 0 bridgehead atoms. The van der Waals surface area contributed by atoms with E-state index in [-0.39, 0.29) is 0 Å². The third-order valence-corrected chi connectivity index (χ3v) is 3.24. The van der Waals surface area contributed by atoms with E-state index in [1.54, 1.807) is 12.1 Å². The standard InChI is InChI=1S/C13H19NO4/c1-10-2-3-12(18-10)11(13(15)16)4-5-14-6-8-17-9-7-14/h2-3,11H,4-9H2,1H3,(H,15,16). The van der Waals surface area contributed by atoms with Gasteiger partial charge >= 0.3 is 5.97 Å². The second kappa shape index (κ2) is 6.02. The van der Waals surface area contributed by atoms with Crippen molar-refractivity contribution in [1.82, 2.24) is 4.90 Å². The monoisotopic (exact) mass is 253 g/mol. The average molecular weight is 253 g/mol. The molecule has 0 aromatic carbocycles. The summed E-state index contributed by atoms with van der Waals surface area (Å²) in [5, 5.41) is 9.26. The highest BCUT2D eigenvalue weighted by molar-refractivity contribution is 5.75. The number of aryl methyl sites for hydroxylation is 1. The summed E-state index contributed by atoms with van der Waals surface area (Å²) in [4.78, 5) is 13.5. The predicted octanol–water partition coefficient (Wildman–Crippen LogP) is 1.48. The zero-order chi connectivity index (χ0) is 13.0. The predicted molar refractivity (Wildman–Crippen MR) is 65.7 cm³/mol. The number of furan rings is 1. The molecule has 1 saturated heterocycles. The smallest absolute Gasteiger partial charge is 0.314 e. The Morgan fingerprint density at radius 3 is 2.72 bits per heavy atom. The number of rotatable bonds is 5. The van der Waals surface area contributed by atoms with E-state index in [2.05, 4.69) is 4.90 Å². The summed E-state index contributed by atoms with van der Waals surface area (Å²) >= 11 is 0. The van der Waals surface area contributed by atoms with Gasteiger partial charge in [0, 0.05) is 13.1 Å². The minimum Gasteiger partial charge on any atom is -0.481 e. The number of carbonyl (C=O) groups is 1. The molecule has 1 N–H and O–H groups in total. The first-order valence-corrected chi connectivity index (χ1v) is 6.26. The van der Waals surface area contributed by atoms with Crippen molar-refractivity contribution < 1.29 is 19.1 Å². The second-order valence-corrected chi connectivity index (χ2v) is 4.58. The highest BCUT2D eigenvalue weighted by Gasteiger charge is 2.24. The molecule has 5 heteroatoms. The molecule has 1 aromatic heterocycles. The topological polar surface area (TPSA) is 62.9 Å². The van der Waals surface area contributed by atoms with Crippen molar-refractivity contribution in [2.75, 3.05) is 32.8 Å². The van der Waals surface area contributed by atoms with Crippen LogP contribution in [0.4, 0.5) is 0 Å². The average Bonchev–Trinajstić information content (AvgIpc) is 2.77. The Morgan fingerprint density at radius 1 is 1.44 bits per heavy atom. The first-order chi connectivity index (χ1) is 8.66. The van der Waals surface area contributed by atoms with Crippen molar-refractivity contribution in [3.8, 4) is 0 Å². The molecule has 1 fully saturated rings. The number of ether oxygens (including phenoxy) is 1. The number of nitrogens with zero attached hydrogens (tertiary/aromatic N) is 1. The lowest BCUT2D eigenvalue weighted by Crippen LogP contribution is -2.37. The van der Waals surface area contributed by atoms with Crippen LogP contribution < -0.4 is 0 Å². The van der Waals surface area contributed by atoms with Gasteiger partial charge in [-0.2, -0.15) is 0 Å². The molecule has 1 aromatic rings. The molecule has 2 heterocycles. The number of hydrogen-bond acceptors (Lipinski definition) is 4. The Morgan fingerprint density at radius 2 is 2.17 bits per heavy atom. The molecule has 0 saturated carbocycles. The molecule has 5 nitrogen and oxygen atoms in total. The van der Waals surface area contributed by atoms with E-state index in [4.69, 9.17) is 9.15 Å². The van der Waals surface area contributed by atoms with Crippen LogP contribution in [0.15, 0.2) is 16.5 Å². The van der Waals surface area contributed by atoms with Gasteiger partial charge < -0.3 is 14.3 Å². The van der Waals surface area contributed by atoms with Crippen LogP contribution in [-0.4, -0.2) is 48.8 Å². The van der Waals surface area contributed by atoms with Crippen molar-refractivity contribution in [2.45, 2.75) is 19.3 Å². The fourth-order valence-corrected chi connectivity index (χ4v) is 2.16. The molecular formula is C13H19NO4. The zero-order valence-electron chi connectivity index (χ0n) is 10.6. The Kier molecular flexibility index (Phi) is 4.38. The Bertz CT molecular complexity index is 395. The largest absolute Gasteiger partial charge is 0.481 e. The summed E-state index contributed by atoms with van der Waals surface area (Å²) in [6.07, 6.45) is 0.572. The normalized spacial score (nSPS) is 18.7. The lowest BCUT2D eigenvalue weighted by molar-refractivity contribution is -0.139. The van der Waals surface area contributed by atoms with E-state index in [0.29, 0.717) is 12.2 Å². The van der Waals surface area contributed by atoms with Crippen LogP contribution in [0.2, 0.25) is 0 Å². The van der Waals surface area contributed by atoms with Crippen molar-refractivity contribution >= 4 is 5.97 Å². The Balaban J connectivity index is 1.92. The number of morpholine rings is 1. The van der Waals surface area contributed by atoms with Crippen LogP contribution in [-0.2, 0) is 9.53 Å². The van der Waals surface area contributed by atoms with Crippen LogP contribution in [0.1, 0.15) is 23.9 Å². The van der Waals surface area contributed by atoms with Gasteiger partial charge in [-0.15, -0.1) is 0 Å². The molecule has 0 radical (unpaired) electrons. The van der Waals surface area contributed by atoms with Gasteiger partial charge in [-0.3, -0.25) is 9.69 Å². The third-order valence-electron chi connectivity index (χ3n) is 3.24. The van der Waals surface area contributed by atoms with E-state index in [0.717, 1.165) is 38.6 Å². The molecule has 0 spiro atoms. The summed E-state index contributed by atoms with van der Waals surface area (Å²) in [5.74, 6) is -0.0740. The van der Waals surface area contributed by atoms with Crippen LogP contribution >= 0.6 is 0 Å². The maximum Gasteiger partial charge on any atom is 0.314 e. The fraction of sp³-hybridized carbons (Fsp3) is 0.615. The quantitative estimate of drug-likeness (QED) is 0.861. The summed E-state index contributed by atoms with van der Waals surface area (Å²) < 4.78 is 10.7. The van der Waals surface area contributed by atoms with Crippen LogP contribution in [0.25, 0.3) is 0 Å². The molecule has 100 valence electrons. The third kappa shape index (κ3) is 3.34. The minimum absolute atomic E-state index is 0.549. The van der Waals surface area contributed by atoms with Gasteiger partial charge in [-0.1, -0.05) is 0 Å². The Hall–Kier alpha value is -1.33. The lowest BCUT2D eigenvalue weighted by Gasteiger charge is -2.27. The fourth-order valence-electron chi connectivity index (χ4n) is 2.16. The first-order valence-electron chi connectivity index (χ1n) is 6.26. The zero-order valence-corrected chi connectivity index (χ0v) is 10.6. The summed E-state index contributed by atoms with van der Waals surface area (Å²) in [6, 6.07) is 3.56. The van der Waals surface area contributed by atoms with Gasteiger partial charge in [0.1, 0.15) is 17.4 Å². The van der Waals surface area contributed by atoms with Crippen molar-refractivity contribution in [3.05, 3.63) is 23.7 Å². The van der Waals surface area contributed by atoms with E-state index in [1.807, 2.05) is 6.92 Å². The van der Waals surface area contributed by atoms with E-state index < -0.39 is 11.9 Å². The molecular weight excluding hydrogens is 234 g/mol. The highest BCUT2D eigenvalue weighted by atomic mass is 16.5.